The third-order valence-corrected chi connectivity index (χ3v) is 3.17. The Morgan fingerprint density at radius 2 is 2.19 bits per heavy atom. The molecule has 3 aromatic rings. The molecule has 0 aliphatic rings. The number of para-hydroxylation sites is 1. The van der Waals surface area contributed by atoms with Gasteiger partial charge < -0.3 is 10.3 Å². The van der Waals surface area contributed by atoms with Crippen LogP contribution in [0.1, 0.15) is 11.1 Å². The van der Waals surface area contributed by atoms with Gasteiger partial charge in [0.05, 0.1) is 11.3 Å². The fourth-order valence-electron chi connectivity index (χ4n) is 2.20. The van der Waals surface area contributed by atoms with E-state index in [1.165, 1.54) is 12.7 Å². The second kappa shape index (κ2) is 5.16. The van der Waals surface area contributed by atoms with E-state index < -0.39 is 0 Å². The SMILES string of the molecule is Cc1cccc(CNc2ncnc3[nH]cnc23)c1[N+](=O)[O-]. The van der Waals surface area contributed by atoms with Crippen LogP contribution in [-0.4, -0.2) is 24.9 Å². The largest absolute Gasteiger partial charge is 0.364 e. The molecule has 0 amide bonds. The van der Waals surface area contributed by atoms with Crippen LogP contribution in [0.2, 0.25) is 0 Å². The van der Waals surface area contributed by atoms with Crippen LogP contribution in [0.5, 0.6) is 0 Å². The molecule has 0 fully saturated rings. The molecule has 3 rings (SSSR count). The molecule has 21 heavy (non-hydrogen) atoms. The Hall–Kier alpha value is -3.03. The number of benzene rings is 1. The third kappa shape index (κ3) is 2.38. The third-order valence-electron chi connectivity index (χ3n) is 3.17. The first-order valence-corrected chi connectivity index (χ1v) is 6.27. The number of rotatable bonds is 4. The molecule has 0 saturated heterocycles. The van der Waals surface area contributed by atoms with Crippen molar-refractivity contribution >= 4 is 22.7 Å². The minimum Gasteiger partial charge on any atom is -0.364 e. The van der Waals surface area contributed by atoms with Gasteiger partial charge in [0.15, 0.2) is 11.5 Å². The Balaban J connectivity index is 1.90. The molecule has 1 aromatic carbocycles. The Labute approximate surface area is 119 Å². The first kappa shape index (κ1) is 13.0. The Morgan fingerprint density at radius 1 is 1.33 bits per heavy atom. The zero-order valence-electron chi connectivity index (χ0n) is 11.2. The Bertz CT molecular complexity index is 813. The smallest absolute Gasteiger partial charge is 0.277 e. The first-order chi connectivity index (χ1) is 10.2. The normalized spacial score (nSPS) is 10.7. The van der Waals surface area contributed by atoms with Crippen molar-refractivity contribution in [1.29, 1.82) is 0 Å². The standard InChI is InChI=1S/C13H12N6O2/c1-8-3-2-4-9(11(8)19(20)21)5-14-12-10-13(16-6-15-10)18-7-17-12/h2-4,6-7H,5H2,1H3,(H2,14,15,16,17,18). The maximum Gasteiger partial charge on any atom is 0.277 e. The number of H-pyrrole nitrogens is 1. The molecular formula is C13H12N6O2. The van der Waals surface area contributed by atoms with Crippen LogP contribution in [-0.2, 0) is 6.54 Å². The lowest BCUT2D eigenvalue weighted by atomic mass is 10.1. The monoisotopic (exact) mass is 284 g/mol. The Morgan fingerprint density at radius 3 is 3.00 bits per heavy atom. The van der Waals surface area contributed by atoms with Gasteiger partial charge in [0.2, 0.25) is 0 Å². The summed E-state index contributed by atoms with van der Waals surface area (Å²) in [7, 11) is 0. The topological polar surface area (TPSA) is 110 Å². The van der Waals surface area contributed by atoms with Crippen molar-refractivity contribution in [1.82, 2.24) is 19.9 Å². The molecule has 0 radical (unpaired) electrons. The van der Waals surface area contributed by atoms with E-state index in [4.69, 9.17) is 0 Å². The predicted molar refractivity (Wildman–Crippen MR) is 76.8 cm³/mol. The van der Waals surface area contributed by atoms with E-state index in [0.29, 0.717) is 28.1 Å². The van der Waals surface area contributed by atoms with Crippen LogP contribution in [0.3, 0.4) is 0 Å². The van der Waals surface area contributed by atoms with E-state index in [9.17, 15) is 10.1 Å². The number of aryl methyl sites for hydroxylation is 1. The number of aromatic nitrogens is 4. The van der Waals surface area contributed by atoms with Crippen molar-refractivity contribution in [3.8, 4) is 0 Å². The molecule has 2 N–H and O–H groups in total. The van der Waals surface area contributed by atoms with E-state index in [1.807, 2.05) is 0 Å². The van der Waals surface area contributed by atoms with Gasteiger partial charge in [0, 0.05) is 17.7 Å². The van der Waals surface area contributed by atoms with Gasteiger partial charge in [0.1, 0.15) is 11.8 Å². The molecular weight excluding hydrogens is 272 g/mol. The van der Waals surface area contributed by atoms with Crippen LogP contribution >= 0.6 is 0 Å². The molecule has 8 nitrogen and oxygen atoms in total. The highest BCUT2D eigenvalue weighted by atomic mass is 16.6. The number of nitro benzene ring substituents is 1. The molecule has 0 atom stereocenters. The molecule has 2 aromatic heterocycles. The van der Waals surface area contributed by atoms with Crippen molar-refractivity contribution in [2.45, 2.75) is 13.5 Å². The zero-order valence-corrected chi connectivity index (χ0v) is 11.2. The number of aromatic amines is 1. The summed E-state index contributed by atoms with van der Waals surface area (Å²) in [4.78, 5) is 26.0. The lowest BCUT2D eigenvalue weighted by Crippen LogP contribution is -2.06. The van der Waals surface area contributed by atoms with Gasteiger partial charge >= 0.3 is 0 Å². The van der Waals surface area contributed by atoms with E-state index in [0.717, 1.165) is 0 Å². The van der Waals surface area contributed by atoms with Crippen molar-refractivity contribution in [3.05, 3.63) is 52.1 Å². The second-order valence-corrected chi connectivity index (χ2v) is 4.52. The molecule has 0 bridgehead atoms. The highest BCUT2D eigenvalue weighted by Crippen LogP contribution is 2.24. The summed E-state index contributed by atoms with van der Waals surface area (Å²) in [6.45, 7) is 2.01. The molecule has 2 heterocycles. The van der Waals surface area contributed by atoms with Gasteiger partial charge in [-0.3, -0.25) is 10.1 Å². The van der Waals surface area contributed by atoms with Crippen LogP contribution in [0.15, 0.2) is 30.9 Å². The summed E-state index contributed by atoms with van der Waals surface area (Å²) >= 11 is 0. The highest BCUT2D eigenvalue weighted by molar-refractivity contribution is 5.81. The van der Waals surface area contributed by atoms with Crippen molar-refractivity contribution in [2.75, 3.05) is 5.32 Å². The van der Waals surface area contributed by atoms with Crippen molar-refractivity contribution in [2.24, 2.45) is 0 Å². The highest BCUT2D eigenvalue weighted by Gasteiger charge is 2.17. The van der Waals surface area contributed by atoms with Gasteiger partial charge in [-0.2, -0.15) is 0 Å². The van der Waals surface area contributed by atoms with E-state index in [1.54, 1.807) is 25.1 Å². The zero-order chi connectivity index (χ0) is 14.8. The van der Waals surface area contributed by atoms with Crippen LogP contribution in [0.4, 0.5) is 11.5 Å². The van der Waals surface area contributed by atoms with Gasteiger partial charge in [-0.1, -0.05) is 18.2 Å². The molecule has 0 spiro atoms. The first-order valence-electron chi connectivity index (χ1n) is 6.27. The average molecular weight is 284 g/mol. The number of fused-ring (bicyclic) bond motifs is 1. The fourth-order valence-corrected chi connectivity index (χ4v) is 2.20. The lowest BCUT2D eigenvalue weighted by molar-refractivity contribution is -0.386. The van der Waals surface area contributed by atoms with Gasteiger partial charge in [-0.25, -0.2) is 15.0 Å². The quantitative estimate of drug-likeness (QED) is 0.561. The van der Waals surface area contributed by atoms with Gasteiger partial charge in [-0.15, -0.1) is 0 Å². The van der Waals surface area contributed by atoms with Crippen LogP contribution in [0, 0.1) is 17.0 Å². The molecule has 106 valence electrons. The lowest BCUT2D eigenvalue weighted by Gasteiger charge is -2.07. The van der Waals surface area contributed by atoms with Crippen molar-refractivity contribution in [3.63, 3.8) is 0 Å². The summed E-state index contributed by atoms with van der Waals surface area (Å²) in [6, 6.07) is 5.24. The van der Waals surface area contributed by atoms with E-state index in [-0.39, 0.29) is 17.2 Å². The average Bonchev–Trinajstić information content (AvgIpc) is 2.93. The fraction of sp³-hybridized carbons (Fsp3) is 0.154. The van der Waals surface area contributed by atoms with Crippen LogP contribution in [0.25, 0.3) is 11.2 Å². The predicted octanol–water partition coefficient (Wildman–Crippen LogP) is 2.18. The summed E-state index contributed by atoms with van der Waals surface area (Å²) in [5, 5.41) is 14.2. The number of anilines is 1. The summed E-state index contributed by atoms with van der Waals surface area (Å²) in [5.41, 5.74) is 2.57. The van der Waals surface area contributed by atoms with E-state index in [2.05, 4.69) is 25.3 Å². The number of nitrogens with one attached hydrogen (secondary N) is 2. The summed E-state index contributed by atoms with van der Waals surface area (Å²) < 4.78 is 0. The maximum absolute atomic E-state index is 11.2. The number of hydrogen-bond acceptors (Lipinski definition) is 6. The number of nitrogens with zero attached hydrogens (tertiary/aromatic N) is 4. The van der Waals surface area contributed by atoms with Crippen molar-refractivity contribution < 1.29 is 4.92 Å². The van der Waals surface area contributed by atoms with Gasteiger partial charge in [-0.05, 0) is 6.92 Å². The van der Waals surface area contributed by atoms with E-state index >= 15 is 0 Å². The summed E-state index contributed by atoms with van der Waals surface area (Å²) in [6.07, 6.45) is 2.94. The Kier molecular flexibility index (Phi) is 3.19. The number of nitro groups is 1. The molecule has 0 saturated carbocycles. The minimum atomic E-state index is -0.365. The second-order valence-electron chi connectivity index (χ2n) is 4.52. The molecule has 0 aliphatic heterocycles. The number of hydrogen-bond donors (Lipinski definition) is 2. The molecule has 8 heteroatoms. The minimum absolute atomic E-state index is 0.123. The van der Waals surface area contributed by atoms with Crippen LogP contribution < -0.4 is 5.32 Å². The molecule has 0 aliphatic carbocycles. The number of imidazole rings is 1. The van der Waals surface area contributed by atoms with Gasteiger partial charge in [0.25, 0.3) is 5.69 Å². The molecule has 0 unspecified atom stereocenters. The maximum atomic E-state index is 11.2. The summed E-state index contributed by atoms with van der Waals surface area (Å²) in [5.74, 6) is 0.539.